The first-order valence-electron chi connectivity index (χ1n) is 5.90. The fourth-order valence-electron chi connectivity index (χ4n) is 1.71. The van der Waals surface area contributed by atoms with Crippen LogP contribution in [0.1, 0.15) is 11.5 Å². The summed E-state index contributed by atoms with van der Waals surface area (Å²) in [5.41, 5.74) is 6.02. The molecular weight excluding hydrogens is 248 g/mol. The van der Waals surface area contributed by atoms with Gasteiger partial charge in [-0.3, -0.25) is 9.48 Å². The SMILES string of the molecule is Cn1ccnc1CCn1cc(CC(N)C(=O)O)nn1. The van der Waals surface area contributed by atoms with Crippen molar-refractivity contribution < 1.29 is 9.90 Å². The molecule has 1 atom stereocenters. The molecule has 19 heavy (non-hydrogen) atoms. The van der Waals surface area contributed by atoms with Crippen LogP contribution in [-0.2, 0) is 31.2 Å². The van der Waals surface area contributed by atoms with Crippen LogP contribution in [0.25, 0.3) is 0 Å². The molecule has 2 rings (SSSR count). The largest absolute Gasteiger partial charge is 0.480 e. The van der Waals surface area contributed by atoms with Crippen molar-refractivity contribution in [3.05, 3.63) is 30.1 Å². The van der Waals surface area contributed by atoms with Crippen LogP contribution in [0.3, 0.4) is 0 Å². The third kappa shape index (κ3) is 3.38. The first-order chi connectivity index (χ1) is 9.06. The van der Waals surface area contributed by atoms with Crippen molar-refractivity contribution in [1.82, 2.24) is 24.5 Å². The van der Waals surface area contributed by atoms with Crippen molar-refractivity contribution in [2.75, 3.05) is 0 Å². The van der Waals surface area contributed by atoms with Gasteiger partial charge >= 0.3 is 5.97 Å². The molecule has 3 N–H and O–H groups in total. The van der Waals surface area contributed by atoms with Crippen LogP contribution in [0.5, 0.6) is 0 Å². The van der Waals surface area contributed by atoms with E-state index in [2.05, 4.69) is 15.3 Å². The Hall–Kier alpha value is -2.22. The molecule has 1 unspecified atom stereocenters. The van der Waals surface area contributed by atoms with Crippen molar-refractivity contribution in [3.8, 4) is 0 Å². The summed E-state index contributed by atoms with van der Waals surface area (Å²) < 4.78 is 3.61. The quantitative estimate of drug-likeness (QED) is 0.707. The number of aryl methyl sites for hydroxylation is 3. The van der Waals surface area contributed by atoms with Gasteiger partial charge in [-0.05, 0) is 0 Å². The first kappa shape index (κ1) is 13.2. The molecule has 0 saturated carbocycles. The van der Waals surface area contributed by atoms with Gasteiger partial charge in [0.1, 0.15) is 11.9 Å². The predicted molar refractivity (Wildman–Crippen MR) is 66.2 cm³/mol. The Morgan fingerprint density at radius 2 is 2.37 bits per heavy atom. The maximum atomic E-state index is 10.6. The maximum absolute atomic E-state index is 10.6. The van der Waals surface area contributed by atoms with E-state index in [0.717, 1.165) is 12.2 Å². The van der Waals surface area contributed by atoms with Crippen LogP contribution in [-0.4, -0.2) is 41.7 Å². The third-order valence-electron chi connectivity index (χ3n) is 2.82. The number of aliphatic carboxylic acids is 1. The average molecular weight is 264 g/mol. The Balaban J connectivity index is 1.91. The highest BCUT2D eigenvalue weighted by Crippen LogP contribution is 2.01. The van der Waals surface area contributed by atoms with Gasteiger partial charge in [-0.25, -0.2) is 4.98 Å². The zero-order valence-corrected chi connectivity index (χ0v) is 10.6. The molecule has 102 valence electrons. The minimum absolute atomic E-state index is 0.178. The second-order valence-corrected chi connectivity index (χ2v) is 4.33. The second-order valence-electron chi connectivity index (χ2n) is 4.33. The summed E-state index contributed by atoms with van der Waals surface area (Å²) in [5.74, 6) is -0.0816. The zero-order chi connectivity index (χ0) is 13.8. The smallest absolute Gasteiger partial charge is 0.320 e. The number of carboxylic acids is 1. The summed E-state index contributed by atoms with van der Waals surface area (Å²) >= 11 is 0. The number of carbonyl (C=O) groups is 1. The Labute approximate surface area is 109 Å². The Bertz CT molecular complexity index is 561. The number of rotatable bonds is 6. The van der Waals surface area contributed by atoms with E-state index >= 15 is 0 Å². The van der Waals surface area contributed by atoms with Crippen LogP contribution in [0, 0.1) is 0 Å². The molecule has 0 aliphatic carbocycles. The normalized spacial score (nSPS) is 12.5. The number of hydrogen-bond donors (Lipinski definition) is 2. The van der Waals surface area contributed by atoms with Gasteiger partial charge in [-0.2, -0.15) is 0 Å². The standard InChI is InChI=1S/C11H16N6O2/c1-16-5-3-13-10(16)2-4-17-7-8(14-15-17)6-9(12)11(18)19/h3,5,7,9H,2,4,6,12H2,1H3,(H,18,19). The Morgan fingerprint density at radius 3 is 3.00 bits per heavy atom. The molecule has 0 amide bonds. The summed E-state index contributed by atoms with van der Waals surface area (Å²) in [6, 6.07) is -0.945. The van der Waals surface area contributed by atoms with Crippen molar-refractivity contribution in [2.24, 2.45) is 12.8 Å². The van der Waals surface area contributed by atoms with Gasteiger partial charge in [0.25, 0.3) is 0 Å². The van der Waals surface area contributed by atoms with Gasteiger partial charge < -0.3 is 15.4 Å². The number of nitrogens with two attached hydrogens (primary N) is 1. The van der Waals surface area contributed by atoms with E-state index in [9.17, 15) is 4.79 Å². The fourth-order valence-corrected chi connectivity index (χ4v) is 1.71. The van der Waals surface area contributed by atoms with E-state index in [0.29, 0.717) is 12.2 Å². The Kier molecular flexibility index (Phi) is 3.91. The van der Waals surface area contributed by atoms with Crippen molar-refractivity contribution in [2.45, 2.75) is 25.4 Å². The lowest BCUT2D eigenvalue weighted by Gasteiger charge is -2.02. The molecule has 2 heterocycles. The molecule has 0 aliphatic heterocycles. The van der Waals surface area contributed by atoms with E-state index in [1.807, 2.05) is 17.8 Å². The van der Waals surface area contributed by atoms with Gasteiger partial charge in [0.15, 0.2) is 0 Å². The van der Waals surface area contributed by atoms with E-state index in [4.69, 9.17) is 10.8 Å². The lowest BCUT2D eigenvalue weighted by atomic mass is 10.2. The van der Waals surface area contributed by atoms with Gasteiger partial charge in [-0.1, -0.05) is 5.21 Å². The fraction of sp³-hybridized carbons (Fsp3) is 0.455. The summed E-state index contributed by atoms with van der Waals surface area (Å²) in [6.45, 7) is 0.639. The van der Waals surface area contributed by atoms with E-state index in [1.54, 1.807) is 17.1 Å². The number of imidazole rings is 1. The number of nitrogens with zero attached hydrogens (tertiary/aromatic N) is 5. The van der Waals surface area contributed by atoms with E-state index in [-0.39, 0.29) is 6.42 Å². The molecule has 2 aromatic rings. The van der Waals surface area contributed by atoms with Crippen LogP contribution < -0.4 is 5.73 Å². The highest BCUT2D eigenvalue weighted by Gasteiger charge is 2.14. The van der Waals surface area contributed by atoms with Gasteiger partial charge in [0.2, 0.25) is 0 Å². The topological polar surface area (TPSA) is 112 Å². The van der Waals surface area contributed by atoms with E-state index < -0.39 is 12.0 Å². The number of aromatic nitrogens is 5. The van der Waals surface area contributed by atoms with Crippen molar-refractivity contribution in [1.29, 1.82) is 0 Å². The van der Waals surface area contributed by atoms with Crippen LogP contribution >= 0.6 is 0 Å². The van der Waals surface area contributed by atoms with E-state index in [1.165, 1.54) is 0 Å². The van der Waals surface area contributed by atoms with Crippen molar-refractivity contribution >= 4 is 5.97 Å². The van der Waals surface area contributed by atoms with Gasteiger partial charge in [-0.15, -0.1) is 5.10 Å². The minimum atomic E-state index is -1.04. The predicted octanol–water partition coefficient (Wildman–Crippen LogP) is -0.791. The molecule has 0 aromatic carbocycles. The van der Waals surface area contributed by atoms with Crippen LogP contribution in [0.2, 0.25) is 0 Å². The third-order valence-corrected chi connectivity index (χ3v) is 2.82. The minimum Gasteiger partial charge on any atom is -0.480 e. The molecular formula is C11H16N6O2. The molecule has 0 bridgehead atoms. The second kappa shape index (κ2) is 5.61. The first-order valence-corrected chi connectivity index (χ1v) is 5.90. The average Bonchev–Trinajstić information content (AvgIpc) is 2.96. The lowest BCUT2D eigenvalue weighted by Crippen LogP contribution is -2.32. The summed E-state index contributed by atoms with van der Waals surface area (Å²) in [6.07, 6.45) is 6.25. The summed E-state index contributed by atoms with van der Waals surface area (Å²) in [5, 5.41) is 16.6. The summed E-state index contributed by atoms with van der Waals surface area (Å²) in [7, 11) is 1.93. The highest BCUT2D eigenvalue weighted by molar-refractivity contribution is 5.73. The Morgan fingerprint density at radius 1 is 1.58 bits per heavy atom. The lowest BCUT2D eigenvalue weighted by molar-refractivity contribution is -0.138. The molecule has 0 spiro atoms. The van der Waals surface area contributed by atoms with Gasteiger partial charge in [0, 0.05) is 45.0 Å². The summed E-state index contributed by atoms with van der Waals surface area (Å²) in [4.78, 5) is 14.9. The molecule has 0 aliphatic rings. The maximum Gasteiger partial charge on any atom is 0.320 e. The number of carboxylic acid groups (broad SMARTS) is 1. The molecule has 8 heteroatoms. The van der Waals surface area contributed by atoms with Crippen molar-refractivity contribution in [3.63, 3.8) is 0 Å². The molecule has 8 nitrogen and oxygen atoms in total. The molecule has 0 fully saturated rings. The van der Waals surface area contributed by atoms with Crippen LogP contribution in [0.4, 0.5) is 0 Å². The molecule has 0 saturated heterocycles. The van der Waals surface area contributed by atoms with Crippen LogP contribution in [0.15, 0.2) is 18.6 Å². The molecule has 0 radical (unpaired) electrons. The number of hydrogen-bond acceptors (Lipinski definition) is 5. The molecule has 2 aromatic heterocycles. The zero-order valence-electron chi connectivity index (χ0n) is 10.6. The monoisotopic (exact) mass is 264 g/mol. The van der Waals surface area contributed by atoms with Gasteiger partial charge in [0.05, 0.1) is 5.69 Å². The highest BCUT2D eigenvalue weighted by atomic mass is 16.4.